The molecular formula is C16H15NO2. The van der Waals surface area contributed by atoms with Crippen LogP contribution in [-0.4, -0.2) is 5.91 Å². The Morgan fingerprint density at radius 1 is 1.11 bits per heavy atom. The van der Waals surface area contributed by atoms with Crippen LogP contribution in [0.1, 0.15) is 24.0 Å². The van der Waals surface area contributed by atoms with Crippen LogP contribution in [0.3, 0.4) is 0 Å². The number of aryl methyl sites for hydroxylation is 1. The molecule has 1 aliphatic heterocycles. The van der Waals surface area contributed by atoms with Crippen molar-refractivity contribution in [1.82, 2.24) is 0 Å². The number of carbonyl (C=O) groups is 1. The Kier molecular flexibility index (Phi) is 2.75. The summed E-state index contributed by atoms with van der Waals surface area (Å²) in [5.41, 5.74) is 2.76. The second kappa shape index (κ2) is 4.43. The molecule has 0 fully saturated rings. The molecule has 1 unspecified atom stereocenters. The minimum Gasteiger partial charge on any atom is -0.455 e. The Hall–Kier alpha value is -2.29. The average molecular weight is 253 g/mol. The lowest BCUT2D eigenvalue weighted by atomic mass is 9.96. The van der Waals surface area contributed by atoms with E-state index in [-0.39, 0.29) is 11.8 Å². The summed E-state index contributed by atoms with van der Waals surface area (Å²) >= 11 is 0. The van der Waals surface area contributed by atoms with Gasteiger partial charge in [-0.3, -0.25) is 4.79 Å². The molecule has 96 valence electrons. The number of fused-ring (bicyclic) bond motifs is 2. The number of rotatable bonds is 0. The zero-order valence-electron chi connectivity index (χ0n) is 10.9. The minimum absolute atomic E-state index is 0.0115. The number of ether oxygens (including phenoxy) is 1. The molecule has 3 nitrogen and oxygen atoms in total. The van der Waals surface area contributed by atoms with E-state index >= 15 is 0 Å². The minimum atomic E-state index is -0.233. The zero-order chi connectivity index (χ0) is 13.4. The van der Waals surface area contributed by atoms with Crippen LogP contribution in [-0.2, 0) is 4.79 Å². The molecule has 1 heterocycles. The number of nitrogens with one attached hydrogen (secondary N) is 1. The van der Waals surface area contributed by atoms with E-state index in [0.29, 0.717) is 11.4 Å². The van der Waals surface area contributed by atoms with Gasteiger partial charge >= 0.3 is 0 Å². The number of amides is 1. The van der Waals surface area contributed by atoms with Gasteiger partial charge < -0.3 is 10.1 Å². The predicted octanol–water partition coefficient (Wildman–Crippen LogP) is 3.84. The second-order valence-corrected chi connectivity index (χ2v) is 4.85. The summed E-state index contributed by atoms with van der Waals surface area (Å²) in [6.07, 6.45) is 0. The Morgan fingerprint density at radius 3 is 2.74 bits per heavy atom. The van der Waals surface area contributed by atoms with Gasteiger partial charge in [0.1, 0.15) is 5.75 Å². The topological polar surface area (TPSA) is 38.3 Å². The van der Waals surface area contributed by atoms with E-state index in [1.165, 1.54) is 0 Å². The highest BCUT2D eigenvalue weighted by Gasteiger charge is 2.24. The normalized spacial score (nSPS) is 17.4. The molecule has 19 heavy (non-hydrogen) atoms. The Bertz CT molecular complexity index is 649. The SMILES string of the molecule is Cc1ccc2c(c1)C(C)C(=O)Nc1ccccc1O2. The number of carbonyl (C=O) groups excluding carboxylic acids is 1. The molecule has 0 aromatic heterocycles. The third kappa shape index (κ3) is 2.08. The first-order valence-corrected chi connectivity index (χ1v) is 6.33. The number of benzene rings is 2. The Labute approximate surface area is 112 Å². The first-order chi connectivity index (χ1) is 9.15. The van der Waals surface area contributed by atoms with Gasteiger partial charge in [0.05, 0.1) is 11.6 Å². The molecule has 0 spiro atoms. The highest BCUT2D eigenvalue weighted by Crippen LogP contribution is 2.37. The molecule has 0 radical (unpaired) electrons. The highest BCUT2D eigenvalue weighted by molar-refractivity contribution is 5.97. The van der Waals surface area contributed by atoms with Gasteiger partial charge in [0.25, 0.3) is 0 Å². The predicted molar refractivity (Wildman–Crippen MR) is 74.7 cm³/mol. The standard InChI is InChI=1S/C16H15NO2/c1-10-7-8-14-12(9-10)11(2)16(18)17-13-5-3-4-6-15(13)19-14/h3-9,11H,1-2H3,(H,17,18). The largest absolute Gasteiger partial charge is 0.455 e. The van der Waals surface area contributed by atoms with E-state index in [9.17, 15) is 4.79 Å². The fourth-order valence-corrected chi connectivity index (χ4v) is 2.26. The van der Waals surface area contributed by atoms with E-state index in [1.807, 2.05) is 56.3 Å². The molecule has 0 aliphatic carbocycles. The molecule has 3 rings (SSSR count). The van der Waals surface area contributed by atoms with Crippen molar-refractivity contribution in [2.75, 3.05) is 5.32 Å². The fraction of sp³-hybridized carbons (Fsp3) is 0.188. The molecular weight excluding hydrogens is 238 g/mol. The monoisotopic (exact) mass is 253 g/mol. The first kappa shape index (κ1) is 11.8. The number of para-hydroxylation sites is 2. The number of anilines is 1. The quantitative estimate of drug-likeness (QED) is 0.774. The van der Waals surface area contributed by atoms with Crippen LogP contribution in [0.15, 0.2) is 42.5 Å². The summed E-state index contributed by atoms with van der Waals surface area (Å²) < 4.78 is 5.94. The van der Waals surface area contributed by atoms with Crippen molar-refractivity contribution in [3.8, 4) is 11.5 Å². The van der Waals surface area contributed by atoms with Gasteiger partial charge in [-0.05, 0) is 32.0 Å². The van der Waals surface area contributed by atoms with E-state index in [4.69, 9.17) is 4.74 Å². The number of hydrogen-bond acceptors (Lipinski definition) is 2. The molecule has 2 aromatic rings. The lowest BCUT2D eigenvalue weighted by Gasteiger charge is -2.22. The van der Waals surface area contributed by atoms with E-state index in [2.05, 4.69) is 5.32 Å². The summed E-state index contributed by atoms with van der Waals surface area (Å²) in [6, 6.07) is 13.4. The Morgan fingerprint density at radius 2 is 1.89 bits per heavy atom. The van der Waals surface area contributed by atoms with Crippen LogP contribution in [0.4, 0.5) is 5.69 Å². The summed E-state index contributed by atoms with van der Waals surface area (Å²) in [5, 5.41) is 2.91. The average Bonchev–Trinajstić information content (AvgIpc) is 2.41. The molecule has 1 atom stereocenters. The van der Waals surface area contributed by atoms with E-state index in [0.717, 1.165) is 16.9 Å². The van der Waals surface area contributed by atoms with Gasteiger partial charge in [0.2, 0.25) is 5.91 Å². The first-order valence-electron chi connectivity index (χ1n) is 6.33. The van der Waals surface area contributed by atoms with Crippen molar-refractivity contribution in [3.63, 3.8) is 0 Å². The number of hydrogen-bond donors (Lipinski definition) is 1. The van der Waals surface area contributed by atoms with Crippen LogP contribution in [0, 0.1) is 6.92 Å². The highest BCUT2D eigenvalue weighted by atomic mass is 16.5. The van der Waals surface area contributed by atoms with Gasteiger partial charge in [-0.25, -0.2) is 0 Å². The maximum atomic E-state index is 12.2. The summed E-state index contributed by atoms with van der Waals surface area (Å²) in [6.45, 7) is 3.91. The van der Waals surface area contributed by atoms with Crippen molar-refractivity contribution in [2.45, 2.75) is 19.8 Å². The third-order valence-corrected chi connectivity index (χ3v) is 3.39. The van der Waals surface area contributed by atoms with Gasteiger partial charge in [0, 0.05) is 5.56 Å². The van der Waals surface area contributed by atoms with Crippen molar-refractivity contribution < 1.29 is 9.53 Å². The van der Waals surface area contributed by atoms with Crippen molar-refractivity contribution >= 4 is 11.6 Å². The third-order valence-electron chi connectivity index (χ3n) is 3.39. The zero-order valence-corrected chi connectivity index (χ0v) is 10.9. The van der Waals surface area contributed by atoms with E-state index < -0.39 is 0 Å². The van der Waals surface area contributed by atoms with Crippen LogP contribution >= 0.6 is 0 Å². The van der Waals surface area contributed by atoms with Crippen molar-refractivity contribution in [1.29, 1.82) is 0 Å². The molecule has 1 amide bonds. The molecule has 2 aromatic carbocycles. The molecule has 0 saturated heterocycles. The van der Waals surface area contributed by atoms with Crippen LogP contribution in [0.2, 0.25) is 0 Å². The van der Waals surface area contributed by atoms with E-state index in [1.54, 1.807) is 0 Å². The summed E-state index contributed by atoms with van der Waals surface area (Å²) in [5.74, 6) is 1.18. The molecule has 3 heteroatoms. The summed E-state index contributed by atoms with van der Waals surface area (Å²) in [4.78, 5) is 12.2. The van der Waals surface area contributed by atoms with Crippen molar-refractivity contribution in [3.05, 3.63) is 53.6 Å². The van der Waals surface area contributed by atoms with Crippen LogP contribution in [0.5, 0.6) is 11.5 Å². The molecule has 1 aliphatic rings. The smallest absolute Gasteiger partial charge is 0.231 e. The molecule has 0 bridgehead atoms. The van der Waals surface area contributed by atoms with Crippen LogP contribution in [0.25, 0.3) is 0 Å². The molecule has 1 N–H and O–H groups in total. The second-order valence-electron chi connectivity index (χ2n) is 4.85. The van der Waals surface area contributed by atoms with Gasteiger partial charge in [-0.1, -0.05) is 29.8 Å². The maximum absolute atomic E-state index is 12.2. The fourth-order valence-electron chi connectivity index (χ4n) is 2.26. The lowest BCUT2D eigenvalue weighted by molar-refractivity contribution is -0.117. The van der Waals surface area contributed by atoms with Crippen LogP contribution < -0.4 is 10.1 Å². The van der Waals surface area contributed by atoms with Gasteiger partial charge in [0.15, 0.2) is 5.75 Å². The van der Waals surface area contributed by atoms with Gasteiger partial charge in [-0.2, -0.15) is 0 Å². The summed E-state index contributed by atoms with van der Waals surface area (Å²) in [7, 11) is 0. The molecule has 0 saturated carbocycles. The maximum Gasteiger partial charge on any atom is 0.231 e. The Balaban J connectivity index is 2.17. The van der Waals surface area contributed by atoms with Gasteiger partial charge in [-0.15, -0.1) is 0 Å². The lowest BCUT2D eigenvalue weighted by Crippen LogP contribution is -2.21. The van der Waals surface area contributed by atoms with Crippen molar-refractivity contribution in [2.24, 2.45) is 0 Å².